The molecule has 1 heterocycles. The molecule has 4 atom stereocenters. The van der Waals surface area contributed by atoms with Crippen LogP contribution >= 0.6 is 0 Å². The Morgan fingerprint density at radius 2 is 1.09 bits per heavy atom. The molecule has 8 bridgehead atoms. The Hall–Kier alpha value is -4.04. The molecule has 0 N–H and O–H groups in total. The van der Waals surface area contributed by atoms with Gasteiger partial charge < -0.3 is 0 Å². The maximum Gasteiger partial charge on any atom is 0.238 e. The van der Waals surface area contributed by atoms with E-state index in [0.29, 0.717) is 5.41 Å². The molecule has 0 amide bonds. The van der Waals surface area contributed by atoms with Gasteiger partial charge in [0, 0.05) is 28.2 Å². The van der Waals surface area contributed by atoms with Crippen LogP contribution < -0.4 is 4.68 Å². The Kier molecular flexibility index (Phi) is 5.45. The molecule has 12 rings (SSSR count). The number of nitrogens with zero attached hydrogens (tertiary/aromatic N) is 2. The Bertz CT molecular complexity index is 1760. The van der Waals surface area contributed by atoms with Crippen molar-refractivity contribution in [3.63, 3.8) is 0 Å². The summed E-state index contributed by atoms with van der Waals surface area (Å²) in [6.45, 7) is 0. The lowest BCUT2D eigenvalue weighted by Crippen LogP contribution is -2.69. The molecule has 216 valence electrons. The highest BCUT2D eigenvalue weighted by Crippen LogP contribution is 2.76. The van der Waals surface area contributed by atoms with Crippen molar-refractivity contribution in [3.05, 3.63) is 127 Å². The maximum absolute atomic E-state index is 4.98. The van der Waals surface area contributed by atoms with Crippen molar-refractivity contribution in [3.8, 4) is 39.2 Å². The number of rotatable bonds is 5. The van der Waals surface area contributed by atoms with Crippen LogP contribution in [0.15, 0.2) is 121 Å². The molecule has 1 aromatic heterocycles. The monoisotopic (exact) mass is 571 g/mol. The molecule has 4 unspecified atom stereocenters. The van der Waals surface area contributed by atoms with E-state index in [-0.39, 0.29) is 0 Å². The van der Waals surface area contributed by atoms with E-state index in [1.54, 1.807) is 24.8 Å². The quantitative estimate of drug-likeness (QED) is 0.192. The van der Waals surface area contributed by atoms with Gasteiger partial charge in [0.15, 0.2) is 0 Å². The van der Waals surface area contributed by atoms with Crippen molar-refractivity contribution in [2.45, 2.75) is 43.9 Å². The Balaban J connectivity index is 0.974. The van der Waals surface area contributed by atoms with Gasteiger partial charge in [-0.25, -0.2) is 0 Å². The van der Waals surface area contributed by atoms with Crippen molar-refractivity contribution >= 4 is 0 Å². The van der Waals surface area contributed by atoms with Gasteiger partial charge in [-0.05, 0) is 108 Å². The summed E-state index contributed by atoms with van der Waals surface area (Å²) in [5.41, 5.74) is 10.3. The van der Waals surface area contributed by atoms with Gasteiger partial charge in [0.2, 0.25) is 11.9 Å². The topological polar surface area (TPSA) is 16.8 Å². The minimum Gasteiger partial charge on any atom is -0.0622 e. The van der Waals surface area contributed by atoms with Crippen molar-refractivity contribution in [1.29, 1.82) is 0 Å². The lowest BCUT2D eigenvalue weighted by molar-refractivity contribution is -0.658. The first-order chi connectivity index (χ1) is 21.7. The molecular formula is C42H39N2+. The van der Waals surface area contributed by atoms with Crippen LogP contribution in [-0.2, 0) is 5.41 Å². The first kappa shape index (κ1) is 25.3. The third kappa shape index (κ3) is 3.66. The van der Waals surface area contributed by atoms with Gasteiger partial charge in [-0.15, -0.1) is 0 Å². The Labute approximate surface area is 260 Å². The molecule has 0 saturated heterocycles. The van der Waals surface area contributed by atoms with E-state index in [1.165, 1.54) is 36.0 Å². The van der Waals surface area contributed by atoms with E-state index in [9.17, 15) is 0 Å². The van der Waals surface area contributed by atoms with E-state index in [1.807, 2.05) is 10.7 Å². The average Bonchev–Trinajstić information content (AvgIpc) is 3.11. The molecule has 0 radical (unpaired) electrons. The molecule has 7 aliphatic carbocycles. The van der Waals surface area contributed by atoms with Gasteiger partial charge in [0.1, 0.15) is 5.69 Å². The van der Waals surface area contributed by atoms with Crippen LogP contribution in [0.4, 0.5) is 0 Å². The lowest BCUT2D eigenvalue weighted by Gasteiger charge is -2.74. The Morgan fingerprint density at radius 1 is 0.523 bits per heavy atom. The molecule has 5 aromatic rings. The minimum atomic E-state index is 0.484. The van der Waals surface area contributed by atoms with Crippen molar-refractivity contribution in [2.24, 2.45) is 41.4 Å². The largest absolute Gasteiger partial charge is 0.238 e. The van der Waals surface area contributed by atoms with Crippen LogP contribution in [-0.4, -0.2) is 5.10 Å². The number of benzene rings is 4. The third-order valence-electron chi connectivity index (χ3n) is 12.9. The van der Waals surface area contributed by atoms with E-state index in [4.69, 9.17) is 5.10 Å². The molecule has 7 aliphatic rings. The predicted molar refractivity (Wildman–Crippen MR) is 176 cm³/mol. The van der Waals surface area contributed by atoms with E-state index < -0.39 is 0 Å². The van der Waals surface area contributed by atoms with Gasteiger partial charge in [0.25, 0.3) is 0 Å². The van der Waals surface area contributed by atoms with Crippen LogP contribution in [0, 0.1) is 41.4 Å². The van der Waals surface area contributed by atoms with Crippen molar-refractivity contribution < 1.29 is 4.68 Å². The summed E-state index contributed by atoms with van der Waals surface area (Å²) in [5, 5.41) is 4.98. The van der Waals surface area contributed by atoms with Gasteiger partial charge >= 0.3 is 0 Å². The molecule has 2 nitrogen and oxygen atoms in total. The fourth-order valence-electron chi connectivity index (χ4n) is 11.4. The number of hydrogen-bond donors (Lipinski definition) is 0. The summed E-state index contributed by atoms with van der Waals surface area (Å²) in [7, 11) is 0. The van der Waals surface area contributed by atoms with Crippen LogP contribution in [0.2, 0.25) is 0 Å². The first-order valence-corrected chi connectivity index (χ1v) is 17.0. The molecule has 7 fully saturated rings. The normalized spacial score (nSPS) is 32.3. The first-order valence-electron chi connectivity index (χ1n) is 17.0. The highest BCUT2D eigenvalue weighted by molar-refractivity contribution is 5.72. The lowest BCUT2D eigenvalue weighted by atomic mass is 9.30. The van der Waals surface area contributed by atoms with Gasteiger partial charge in [-0.3, -0.25) is 0 Å². The summed E-state index contributed by atoms with van der Waals surface area (Å²) in [4.78, 5) is 0. The van der Waals surface area contributed by atoms with E-state index in [2.05, 4.69) is 115 Å². The minimum absolute atomic E-state index is 0.484. The second-order valence-electron chi connectivity index (χ2n) is 14.8. The second-order valence-corrected chi connectivity index (χ2v) is 14.8. The van der Waals surface area contributed by atoms with Crippen LogP contribution in [0.1, 0.15) is 44.1 Å². The zero-order chi connectivity index (χ0) is 28.8. The van der Waals surface area contributed by atoms with E-state index in [0.717, 1.165) is 63.9 Å². The number of hydrogen-bond acceptors (Lipinski definition) is 1. The molecule has 7 saturated carbocycles. The molecule has 4 aromatic carbocycles. The van der Waals surface area contributed by atoms with Gasteiger partial charge in [0.05, 0.1) is 5.56 Å². The molecular weight excluding hydrogens is 532 g/mol. The summed E-state index contributed by atoms with van der Waals surface area (Å²) in [6, 6.07) is 42.2. The SMILES string of the molecule is c1ccc(-c2cc(-c3ccc(-c4ccc(C56CC7CC8C9CC(CC85)CC6C9C7)cc4)cc3)c[n+](-c3ccccc3)n2)cc1. The van der Waals surface area contributed by atoms with E-state index >= 15 is 0 Å². The summed E-state index contributed by atoms with van der Waals surface area (Å²) < 4.78 is 2.01. The average molecular weight is 572 g/mol. The van der Waals surface area contributed by atoms with Gasteiger partial charge in [-0.2, -0.15) is 0 Å². The summed E-state index contributed by atoms with van der Waals surface area (Å²) >= 11 is 0. The predicted octanol–water partition coefficient (Wildman–Crippen LogP) is 9.32. The summed E-state index contributed by atoms with van der Waals surface area (Å²) in [6.07, 6.45) is 11.3. The van der Waals surface area contributed by atoms with Crippen LogP contribution in [0.3, 0.4) is 0 Å². The fraction of sp³-hybridized carbons (Fsp3) is 0.333. The molecule has 0 aliphatic heterocycles. The zero-order valence-electron chi connectivity index (χ0n) is 25.2. The maximum atomic E-state index is 4.98. The number of aromatic nitrogens is 2. The Morgan fingerprint density at radius 3 is 1.75 bits per heavy atom. The van der Waals surface area contributed by atoms with Crippen LogP contribution in [0.5, 0.6) is 0 Å². The van der Waals surface area contributed by atoms with Crippen molar-refractivity contribution in [1.82, 2.24) is 5.10 Å². The standard InChI is InChI=1S/C42H39N2/c1-3-7-32(8-4-1)41-24-33(26-44(43-41)35-9-5-2-6-10-35)31-13-11-29(12-14-31)30-15-17-34(18-16-30)42-25-28-20-37-36-19-27(22-39(37)42)23-40(42)38(36)21-28/h1-18,24,26-28,36-40H,19-23,25H2/q+1. The highest BCUT2D eigenvalue weighted by atomic mass is 15.3. The fourth-order valence-corrected chi connectivity index (χ4v) is 11.4. The third-order valence-corrected chi connectivity index (χ3v) is 12.9. The molecule has 0 spiro atoms. The zero-order valence-corrected chi connectivity index (χ0v) is 25.2. The molecule has 44 heavy (non-hydrogen) atoms. The summed E-state index contributed by atoms with van der Waals surface area (Å²) in [5.74, 6) is 7.09. The number of para-hydroxylation sites is 1. The second kappa shape index (κ2) is 9.48. The van der Waals surface area contributed by atoms with Crippen molar-refractivity contribution in [2.75, 3.05) is 0 Å². The van der Waals surface area contributed by atoms with Crippen LogP contribution in [0.25, 0.3) is 39.2 Å². The van der Waals surface area contributed by atoms with Gasteiger partial charge in [-0.1, -0.05) is 102 Å². The smallest absolute Gasteiger partial charge is 0.0622 e. The highest BCUT2D eigenvalue weighted by Gasteiger charge is 2.70. The molecule has 2 heteroatoms.